The minimum Gasteiger partial charge on any atom is -0.496 e. The topological polar surface area (TPSA) is 25.4 Å². The van der Waals surface area contributed by atoms with E-state index in [4.69, 9.17) is 4.74 Å². The second-order valence-electron chi connectivity index (χ2n) is 8.71. The third-order valence-corrected chi connectivity index (χ3v) is 6.58. The average molecular weight is 449 g/mol. The number of hydrogen-bond acceptors (Lipinski definition) is 3. The SMILES string of the molecule is COc1ccc(F)cc1C(C)(C(F)F)C(F)C(C)(Cc1ccnc2ccccc12)N(C)C. The molecule has 0 saturated carbocycles. The Morgan fingerprint density at radius 1 is 1.03 bits per heavy atom. The molecular weight excluding hydrogens is 420 g/mol. The van der Waals surface area contributed by atoms with Crippen molar-refractivity contribution < 1.29 is 22.3 Å². The molecule has 172 valence electrons. The van der Waals surface area contributed by atoms with E-state index in [2.05, 4.69) is 4.98 Å². The molecule has 0 aliphatic carbocycles. The van der Waals surface area contributed by atoms with E-state index >= 15 is 4.39 Å². The number of ether oxygens (including phenoxy) is 1. The summed E-state index contributed by atoms with van der Waals surface area (Å²) in [6.07, 6.45) is -3.41. The van der Waals surface area contributed by atoms with Crippen molar-refractivity contribution in [3.63, 3.8) is 0 Å². The summed E-state index contributed by atoms with van der Waals surface area (Å²) in [7, 11) is 4.61. The third-order valence-electron chi connectivity index (χ3n) is 6.58. The number of para-hydroxylation sites is 1. The number of halogens is 4. The van der Waals surface area contributed by atoms with E-state index in [1.165, 1.54) is 13.2 Å². The molecule has 1 aromatic heterocycles. The fraction of sp³-hybridized carbons (Fsp3) is 0.400. The van der Waals surface area contributed by atoms with E-state index in [-0.39, 0.29) is 17.7 Å². The number of rotatable bonds is 8. The summed E-state index contributed by atoms with van der Waals surface area (Å²) in [4.78, 5) is 5.94. The summed E-state index contributed by atoms with van der Waals surface area (Å²) < 4.78 is 65.0. The molecule has 3 atom stereocenters. The van der Waals surface area contributed by atoms with Crippen LogP contribution in [0, 0.1) is 5.82 Å². The molecule has 3 rings (SSSR count). The largest absolute Gasteiger partial charge is 0.496 e. The summed E-state index contributed by atoms with van der Waals surface area (Å²) in [6, 6.07) is 12.5. The predicted molar refractivity (Wildman–Crippen MR) is 119 cm³/mol. The van der Waals surface area contributed by atoms with Crippen molar-refractivity contribution in [1.82, 2.24) is 9.88 Å². The Balaban J connectivity index is 2.16. The number of pyridine rings is 1. The van der Waals surface area contributed by atoms with Gasteiger partial charge in [-0.05, 0) is 70.3 Å². The van der Waals surface area contributed by atoms with Crippen LogP contribution in [0.25, 0.3) is 10.9 Å². The molecule has 0 spiro atoms. The first kappa shape index (κ1) is 24.0. The van der Waals surface area contributed by atoms with Gasteiger partial charge in [-0.2, -0.15) is 0 Å². The lowest BCUT2D eigenvalue weighted by molar-refractivity contribution is -0.0543. The van der Waals surface area contributed by atoms with Crippen molar-refractivity contribution >= 4 is 10.9 Å². The van der Waals surface area contributed by atoms with Crippen LogP contribution in [0.3, 0.4) is 0 Å². The number of aromatic nitrogens is 1. The van der Waals surface area contributed by atoms with E-state index in [0.29, 0.717) is 0 Å². The zero-order valence-electron chi connectivity index (χ0n) is 18.9. The fourth-order valence-electron chi connectivity index (χ4n) is 4.28. The predicted octanol–water partition coefficient (Wildman–Crippen LogP) is 5.81. The molecule has 2 aromatic carbocycles. The molecule has 0 amide bonds. The number of alkyl halides is 3. The number of benzene rings is 2. The zero-order chi connectivity index (χ0) is 23.7. The van der Waals surface area contributed by atoms with Crippen LogP contribution in [0.5, 0.6) is 5.75 Å². The number of fused-ring (bicyclic) bond motifs is 1. The van der Waals surface area contributed by atoms with Crippen LogP contribution >= 0.6 is 0 Å². The highest BCUT2D eigenvalue weighted by Crippen LogP contribution is 2.46. The van der Waals surface area contributed by atoms with Crippen molar-refractivity contribution in [1.29, 1.82) is 0 Å². The maximum atomic E-state index is 16.5. The normalized spacial score (nSPS) is 16.7. The van der Waals surface area contributed by atoms with Crippen molar-refractivity contribution in [2.45, 2.75) is 43.8 Å². The summed E-state index contributed by atoms with van der Waals surface area (Å²) >= 11 is 0. The van der Waals surface area contributed by atoms with Gasteiger partial charge in [0, 0.05) is 17.1 Å². The highest BCUT2D eigenvalue weighted by molar-refractivity contribution is 5.82. The first-order chi connectivity index (χ1) is 15.1. The number of likely N-dealkylation sites (N-methyl/N-ethyl adjacent to an activating group) is 1. The fourth-order valence-corrected chi connectivity index (χ4v) is 4.28. The van der Waals surface area contributed by atoms with Gasteiger partial charge < -0.3 is 9.64 Å². The molecule has 3 nitrogen and oxygen atoms in total. The van der Waals surface area contributed by atoms with Gasteiger partial charge in [-0.3, -0.25) is 4.98 Å². The molecule has 0 radical (unpaired) electrons. The first-order valence-corrected chi connectivity index (χ1v) is 10.3. The molecule has 0 bridgehead atoms. The van der Waals surface area contributed by atoms with Gasteiger partial charge in [-0.1, -0.05) is 18.2 Å². The van der Waals surface area contributed by atoms with Gasteiger partial charge in [0.25, 0.3) is 6.43 Å². The van der Waals surface area contributed by atoms with Crippen LogP contribution in [-0.2, 0) is 11.8 Å². The first-order valence-electron chi connectivity index (χ1n) is 10.3. The summed E-state index contributed by atoms with van der Waals surface area (Å²) in [5.74, 6) is -0.709. The van der Waals surface area contributed by atoms with Gasteiger partial charge >= 0.3 is 0 Å². The van der Waals surface area contributed by atoms with Crippen molar-refractivity contribution in [3.8, 4) is 5.75 Å². The Bertz CT molecular complexity index is 1090. The number of nitrogens with zero attached hydrogens (tertiary/aromatic N) is 2. The second-order valence-corrected chi connectivity index (χ2v) is 8.71. The highest BCUT2D eigenvalue weighted by Gasteiger charge is 2.55. The minimum atomic E-state index is -3.11. The Kier molecular flexibility index (Phi) is 6.79. The molecule has 0 aliphatic heterocycles. The van der Waals surface area contributed by atoms with Crippen LogP contribution in [0.2, 0.25) is 0 Å². The maximum Gasteiger partial charge on any atom is 0.250 e. The number of hydrogen-bond donors (Lipinski definition) is 0. The lowest BCUT2D eigenvalue weighted by Gasteiger charge is -2.47. The van der Waals surface area contributed by atoms with E-state index in [0.717, 1.165) is 35.5 Å². The Labute approximate surface area is 186 Å². The van der Waals surface area contributed by atoms with E-state index in [1.54, 1.807) is 38.2 Å². The van der Waals surface area contributed by atoms with Gasteiger partial charge in [0.1, 0.15) is 17.7 Å². The van der Waals surface area contributed by atoms with Crippen LogP contribution in [-0.4, -0.2) is 49.2 Å². The molecule has 3 unspecified atom stereocenters. The maximum absolute atomic E-state index is 16.5. The van der Waals surface area contributed by atoms with Gasteiger partial charge in [-0.25, -0.2) is 17.6 Å². The van der Waals surface area contributed by atoms with Gasteiger partial charge in [0.05, 0.1) is 23.6 Å². The van der Waals surface area contributed by atoms with E-state index < -0.39 is 29.4 Å². The summed E-state index contributed by atoms with van der Waals surface area (Å²) in [5, 5.41) is 0.831. The second kappa shape index (κ2) is 9.06. The standard InChI is InChI=1S/C25H28F4N2O/c1-24(31(3)4,15-16-12-13-30-20-9-7-6-8-18(16)20)22(27)25(2,23(28)29)19-14-17(26)10-11-21(19)32-5/h6-14,22-23H,15H2,1-5H3. The van der Waals surface area contributed by atoms with Crippen LogP contribution in [0.4, 0.5) is 17.6 Å². The van der Waals surface area contributed by atoms with E-state index in [9.17, 15) is 13.2 Å². The van der Waals surface area contributed by atoms with Crippen molar-refractivity contribution in [3.05, 3.63) is 71.7 Å². The Morgan fingerprint density at radius 3 is 2.34 bits per heavy atom. The van der Waals surface area contributed by atoms with Gasteiger partial charge in [0.2, 0.25) is 0 Å². The molecule has 3 aromatic rings. The van der Waals surface area contributed by atoms with Crippen LogP contribution in [0.1, 0.15) is 25.0 Å². The molecule has 0 N–H and O–H groups in total. The molecule has 32 heavy (non-hydrogen) atoms. The van der Waals surface area contributed by atoms with Crippen LogP contribution < -0.4 is 4.74 Å². The minimum absolute atomic E-state index is 0.0207. The lowest BCUT2D eigenvalue weighted by Crippen LogP contribution is -2.60. The van der Waals surface area contributed by atoms with Crippen molar-refractivity contribution in [2.75, 3.05) is 21.2 Å². The monoisotopic (exact) mass is 448 g/mol. The molecular formula is C25H28F4N2O. The quantitative estimate of drug-likeness (QED) is 0.407. The highest BCUT2D eigenvalue weighted by atomic mass is 19.3. The Morgan fingerprint density at radius 2 is 1.72 bits per heavy atom. The lowest BCUT2D eigenvalue weighted by atomic mass is 9.68. The van der Waals surface area contributed by atoms with Gasteiger partial charge in [0.15, 0.2) is 0 Å². The zero-order valence-corrected chi connectivity index (χ0v) is 18.9. The summed E-state index contributed by atoms with van der Waals surface area (Å²) in [5.41, 5.74) is -2.35. The van der Waals surface area contributed by atoms with Gasteiger partial charge in [-0.15, -0.1) is 0 Å². The van der Waals surface area contributed by atoms with Crippen LogP contribution in [0.15, 0.2) is 54.7 Å². The smallest absolute Gasteiger partial charge is 0.250 e. The molecule has 0 aliphatic rings. The average Bonchev–Trinajstić information content (AvgIpc) is 2.77. The number of methoxy groups -OCH3 is 1. The molecule has 1 heterocycles. The third kappa shape index (κ3) is 4.06. The Hall–Kier alpha value is -2.67. The molecule has 0 saturated heterocycles. The molecule has 0 fully saturated rings. The summed E-state index contributed by atoms with van der Waals surface area (Å²) in [6.45, 7) is 2.74. The van der Waals surface area contributed by atoms with E-state index in [1.807, 2.05) is 24.3 Å². The van der Waals surface area contributed by atoms with Crippen molar-refractivity contribution in [2.24, 2.45) is 0 Å². The molecule has 7 heteroatoms.